The molecule has 2 rings (SSSR count). The molecule has 6 heteroatoms. The van der Waals surface area contributed by atoms with Crippen LogP contribution in [0.25, 0.3) is 0 Å². The van der Waals surface area contributed by atoms with E-state index in [-0.39, 0.29) is 6.54 Å². The summed E-state index contributed by atoms with van der Waals surface area (Å²) in [5.74, 6) is -1.90. The number of carbonyl (C=O) groups excluding carboxylic acids is 2. The van der Waals surface area contributed by atoms with E-state index in [1.54, 1.807) is 45.0 Å². The summed E-state index contributed by atoms with van der Waals surface area (Å²) >= 11 is 0. The lowest BCUT2D eigenvalue weighted by atomic mass is 10.0. The highest BCUT2D eigenvalue weighted by Crippen LogP contribution is 2.29. The van der Waals surface area contributed by atoms with E-state index < -0.39 is 29.4 Å². The largest absolute Gasteiger partial charge is 0.460 e. The smallest absolute Gasteiger partial charge is 0.314 e. The fourth-order valence-corrected chi connectivity index (χ4v) is 2.26. The molecule has 1 fully saturated rings. The molecule has 1 heterocycles. The molecular weight excluding hydrogens is 272 g/mol. The van der Waals surface area contributed by atoms with Crippen molar-refractivity contribution in [1.29, 1.82) is 0 Å². The molecule has 0 saturated carbocycles. The third-order valence-corrected chi connectivity index (χ3v) is 3.17. The molecule has 6 nitrogen and oxygen atoms in total. The summed E-state index contributed by atoms with van der Waals surface area (Å²) < 4.78 is 5.27. The average Bonchev–Trinajstić information content (AvgIpc) is 2.75. The highest BCUT2D eigenvalue weighted by atomic mass is 16.6. The molecule has 0 bridgehead atoms. The number of hydrogen-bond acceptors (Lipinski definition) is 5. The van der Waals surface area contributed by atoms with Crippen molar-refractivity contribution >= 4 is 17.6 Å². The van der Waals surface area contributed by atoms with Gasteiger partial charge in [0, 0.05) is 12.2 Å². The van der Waals surface area contributed by atoms with Crippen molar-refractivity contribution in [2.24, 2.45) is 11.1 Å². The molecule has 112 valence electrons. The predicted molar refractivity (Wildman–Crippen MR) is 77.7 cm³/mol. The highest BCUT2D eigenvalue weighted by molar-refractivity contribution is 6.03. The molecule has 2 atom stereocenters. The fourth-order valence-electron chi connectivity index (χ4n) is 2.26. The summed E-state index contributed by atoms with van der Waals surface area (Å²) in [7, 11) is 0. The number of amides is 1. The van der Waals surface area contributed by atoms with Gasteiger partial charge >= 0.3 is 5.97 Å². The Hall–Kier alpha value is -2.24. The van der Waals surface area contributed by atoms with Crippen LogP contribution in [0, 0.1) is 10.8 Å². The van der Waals surface area contributed by atoms with Gasteiger partial charge in [-0.1, -0.05) is 23.4 Å². The Balaban J connectivity index is 2.22. The van der Waals surface area contributed by atoms with Crippen LogP contribution in [0.15, 0.2) is 35.5 Å². The van der Waals surface area contributed by atoms with Crippen LogP contribution >= 0.6 is 0 Å². The minimum absolute atomic E-state index is 0.105. The minimum Gasteiger partial charge on any atom is -0.460 e. The Bertz CT molecular complexity index is 551. The van der Waals surface area contributed by atoms with Gasteiger partial charge in [0.2, 0.25) is 0 Å². The van der Waals surface area contributed by atoms with Crippen molar-refractivity contribution in [3.8, 4) is 0 Å². The molecule has 0 aromatic heterocycles. The lowest BCUT2D eigenvalue weighted by Crippen LogP contribution is -2.34. The van der Waals surface area contributed by atoms with Crippen LogP contribution in [-0.4, -0.2) is 30.1 Å². The van der Waals surface area contributed by atoms with Crippen molar-refractivity contribution in [3.05, 3.63) is 35.2 Å². The molecule has 1 aliphatic heterocycles. The normalized spacial score (nSPS) is 22.2. The van der Waals surface area contributed by atoms with Crippen LogP contribution in [0.2, 0.25) is 0 Å². The van der Waals surface area contributed by atoms with Gasteiger partial charge in [-0.05, 0) is 32.9 Å². The lowest BCUT2D eigenvalue weighted by Gasteiger charge is -2.22. The first-order valence-electron chi connectivity index (χ1n) is 6.75. The molecule has 1 aliphatic rings. The van der Waals surface area contributed by atoms with Crippen molar-refractivity contribution in [2.45, 2.75) is 32.4 Å². The number of anilines is 1. The van der Waals surface area contributed by atoms with Crippen LogP contribution in [-0.2, 0) is 14.3 Å². The zero-order chi connectivity index (χ0) is 15.6. The van der Waals surface area contributed by atoms with Gasteiger partial charge in [-0.15, -0.1) is 4.91 Å². The molecule has 1 saturated heterocycles. The molecule has 21 heavy (non-hydrogen) atoms. The molecule has 0 N–H and O–H groups in total. The van der Waals surface area contributed by atoms with Crippen molar-refractivity contribution in [2.75, 3.05) is 11.4 Å². The molecule has 1 aromatic carbocycles. The summed E-state index contributed by atoms with van der Waals surface area (Å²) in [4.78, 5) is 36.8. The Labute approximate surface area is 123 Å². The zero-order valence-electron chi connectivity index (χ0n) is 12.3. The van der Waals surface area contributed by atoms with E-state index in [1.807, 2.05) is 6.07 Å². The number of esters is 1. The second-order valence-electron chi connectivity index (χ2n) is 5.97. The van der Waals surface area contributed by atoms with Crippen LogP contribution in [0.3, 0.4) is 0 Å². The SMILES string of the molecule is CC(C)(C)OC(=O)C1CN(c2ccccc2)C(=O)C1N=O. The average molecular weight is 290 g/mol. The van der Waals surface area contributed by atoms with E-state index in [1.165, 1.54) is 4.90 Å². The highest BCUT2D eigenvalue weighted by Gasteiger charge is 2.47. The van der Waals surface area contributed by atoms with E-state index in [4.69, 9.17) is 4.74 Å². The first-order chi connectivity index (χ1) is 9.83. The number of nitroso groups, excluding NO2 is 1. The van der Waals surface area contributed by atoms with Gasteiger partial charge in [0.25, 0.3) is 5.91 Å². The van der Waals surface area contributed by atoms with E-state index in [2.05, 4.69) is 5.18 Å². The topological polar surface area (TPSA) is 76.0 Å². The summed E-state index contributed by atoms with van der Waals surface area (Å²) in [6, 6.07) is 7.67. The number of carbonyl (C=O) groups is 2. The molecular formula is C15H18N2O4. The fraction of sp³-hybridized carbons (Fsp3) is 0.467. The number of benzene rings is 1. The standard InChI is InChI=1S/C15H18N2O4/c1-15(2,3)21-14(19)11-9-17(13(18)12(11)16-20)10-7-5-4-6-8-10/h4-8,11-12H,9H2,1-3H3. The monoisotopic (exact) mass is 290 g/mol. The summed E-state index contributed by atoms with van der Waals surface area (Å²) in [6.07, 6.45) is 0. The van der Waals surface area contributed by atoms with Crippen LogP contribution in [0.4, 0.5) is 5.69 Å². The summed E-state index contributed by atoms with van der Waals surface area (Å²) in [6.45, 7) is 5.31. The quantitative estimate of drug-likeness (QED) is 0.631. The zero-order valence-corrected chi connectivity index (χ0v) is 12.3. The van der Waals surface area contributed by atoms with E-state index >= 15 is 0 Å². The number of hydrogen-bond donors (Lipinski definition) is 0. The molecule has 1 amide bonds. The maximum absolute atomic E-state index is 12.2. The van der Waals surface area contributed by atoms with Gasteiger partial charge in [-0.3, -0.25) is 9.59 Å². The third kappa shape index (κ3) is 3.26. The van der Waals surface area contributed by atoms with E-state index in [0.717, 1.165) is 0 Å². The molecule has 0 aliphatic carbocycles. The second kappa shape index (κ2) is 5.63. The first kappa shape index (κ1) is 15.2. The van der Waals surface area contributed by atoms with Gasteiger partial charge in [0.1, 0.15) is 11.5 Å². The van der Waals surface area contributed by atoms with Crippen LogP contribution < -0.4 is 4.90 Å². The second-order valence-corrected chi connectivity index (χ2v) is 5.97. The van der Waals surface area contributed by atoms with Gasteiger partial charge in [-0.2, -0.15) is 0 Å². The third-order valence-electron chi connectivity index (χ3n) is 3.17. The Morgan fingerprint density at radius 3 is 2.43 bits per heavy atom. The summed E-state index contributed by atoms with van der Waals surface area (Å²) in [5.41, 5.74) is -0.0320. The molecule has 0 spiro atoms. The number of rotatable bonds is 3. The van der Waals surface area contributed by atoms with Crippen LogP contribution in [0.5, 0.6) is 0 Å². The maximum atomic E-state index is 12.2. The summed E-state index contributed by atoms with van der Waals surface area (Å²) in [5, 5.41) is 2.83. The van der Waals surface area contributed by atoms with Gasteiger partial charge < -0.3 is 9.64 Å². The first-order valence-corrected chi connectivity index (χ1v) is 6.75. The Kier molecular flexibility index (Phi) is 4.06. The van der Waals surface area contributed by atoms with Crippen LogP contribution in [0.1, 0.15) is 20.8 Å². The molecule has 1 aromatic rings. The van der Waals surface area contributed by atoms with Crippen molar-refractivity contribution in [1.82, 2.24) is 0 Å². The van der Waals surface area contributed by atoms with E-state index in [0.29, 0.717) is 5.69 Å². The minimum atomic E-state index is -1.22. The van der Waals surface area contributed by atoms with Crippen molar-refractivity contribution in [3.63, 3.8) is 0 Å². The Morgan fingerprint density at radius 2 is 1.90 bits per heavy atom. The molecule has 2 unspecified atom stereocenters. The number of para-hydroxylation sites is 1. The number of nitrogens with zero attached hydrogens (tertiary/aromatic N) is 2. The Morgan fingerprint density at radius 1 is 1.29 bits per heavy atom. The van der Waals surface area contributed by atoms with Gasteiger partial charge in [-0.25, -0.2) is 0 Å². The molecule has 0 radical (unpaired) electrons. The predicted octanol–water partition coefficient (Wildman–Crippen LogP) is 2.13. The number of ether oxygens (including phenoxy) is 1. The van der Waals surface area contributed by atoms with E-state index in [9.17, 15) is 14.5 Å². The van der Waals surface area contributed by atoms with Gasteiger partial charge in [0.05, 0.1) is 0 Å². The maximum Gasteiger partial charge on any atom is 0.314 e. The lowest BCUT2D eigenvalue weighted by molar-refractivity contribution is -0.160. The van der Waals surface area contributed by atoms with Crippen molar-refractivity contribution < 1.29 is 14.3 Å². The van der Waals surface area contributed by atoms with Gasteiger partial charge in [0.15, 0.2) is 6.04 Å².